The number of hydrogen-bond acceptors (Lipinski definition) is 3. The van der Waals surface area contributed by atoms with Crippen molar-refractivity contribution in [3.05, 3.63) is 12.2 Å². The summed E-state index contributed by atoms with van der Waals surface area (Å²) >= 11 is 0. The van der Waals surface area contributed by atoms with Crippen molar-refractivity contribution in [1.82, 2.24) is 10.2 Å². The second-order valence-electron chi connectivity index (χ2n) is 6.91. The molecule has 0 aromatic carbocycles. The van der Waals surface area contributed by atoms with Crippen LogP contribution in [0.2, 0.25) is 0 Å². The number of nitrogens with one attached hydrogen (secondary N) is 1. The third-order valence-electron chi connectivity index (χ3n) is 3.81. The molecule has 1 heterocycles. The summed E-state index contributed by atoms with van der Waals surface area (Å²) in [7, 11) is 0. The number of rotatable bonds is 2. The normalized spacial score (nSPS) is 27.4. The summed E-state index contributed by atoms with van der Waals surface area (Å²) in [5, 5.41) is 3.70. The van der Waals surface area contributed by atoms with E-state index in [9.17, 15) is 4.79 Å². The average molecular weight is 280 g/mol. The molecule has 0 aromatic rings. The van der Waals surface area contributed by atoms with Crippen molar-refractivity contribution in [3.8, 4) is 0 Å². The SMILES string of the molecule is CC(C)(C)OC(=O)N1CCCC(NC2CC=CCC2)C1. The molecule has 0 radical (unpaired) electrons. The number of hydrogen-bond donors (Lipinski definition) is 1. The Morgan fingerprint density at radius 2 is 2.05 bits per heavy atom. The molecule has 1 fully saturated rings. The molecule has 1 N–H and O–H groups in total. The van der Waals surface area contributed by atoms with Crippen molar-refractivity contribution in [2.75, 3.05) is 13.1 Å². The molecule has 2 rings (SSSR count). The molecular weight excluding hydrogens is 252 g/mol. The smallest absolute Gasteiger partial charge is 0.410 e. The Kier molecular flexibility index (Phi) is 5.08. The van der Waals surface area contributed by atoms with Gasteiger partial charge < -0.3 is 15.0 Å². The largest absolute Gasteiger partial charge is 0.444 e. The lowest BCUT2D eigenvalue weighted by Gasteiger charge is -2.36. The fourth-order valence-corrected chi connectivity index (χ4v) is 2.88. The van der Waals surface area contributed by atoms with Gasteiger partial charge in [-0.2, -0.15) is 0 Å². The number of carbonyl (C=O) groups is 1. The summed E-state index contributed by atoms with van der Waals surface area (Å²) in [6, 6.07) is 0.983. The Morgan fingerprint density at radius 1 is 1.25 bits per heavy atom. The number of allylic oxidation sites excluding steroid dienone is 1. The number of likely N-dealkylation sites (tertiary alicyclic amines) is 1. The summed E-state index contributed by atoms with van der Waals surface area (Å²) in [6.07, 6.45) is 10.0. The van der Waals surface area contributed by atoms with Gasteiger partial charge in [-0.15, -0.1) is 0 Å². The topological polar surface area (TPSA) is 41.6 Å². The summed E-state index contributed by atoms with van der Waals surface area (Å²) < 4.78 is 5.46. The van der Waals surface area contributed by atoms with Crippen LogP contribution in [0.4, 0.5) is 4.79 Å². The van der Waals surface area contributed by atoms with E-state index in [-0.39, 0.29) is 6.09 Å². The molecular formula is C16H28N2O2. The number of ether oxygens (including phenoxy) is 1. The van der Waals surface area contributed by atoms with E-state index in [1.807, 2.05) is 25.7 Å². The Hall–Kier alpha value is -1.03. The van der Waals surface area contributed by atoms with Crippen LogP contribution in [-0.4, -0.2) is 41.8 Å². The molecule has 4 heteroatoms. The first-order chi connectivity index (χ1) is 9.44. The molecule has 1 aliphatic carbocycles. The van der Waals surface area contributed by atoms with E-state index in [2.05, 4.69) is 17.5 Å². The third-order valence-corrected chi connectivity index (χ3v) is 3.81. The summed E-state index contributed by atoms with van der Waals surface area (Å²) in [5.74, 6) is 0. The zero-order valence-corrected chi connectivity index (χ0v) is 13.0. The van der Waals surface area contributed by atoms with Gasteiger partial charge >= 0.3 is 6.09 Å². The van der Waals surface area contributed by atoms with Crippen LogP contribution >= 0.6 is 0 Å². The Labute approximate surface area is 122 Å². The van der Waals surface area contributed by atoms with Crippen molar-refractivity contribution in [3.63, 3.8) is 0 Å². The fourth-order valence-electron chi connectivity index (χ4n) is 2.88. The van der Waals surface area contributed by atoms with E-state index in [1.54, 1.807) is 0 Å². The highest BCUT2D eigenvalue weighted by Gasteiger charge is 2.28. The minimum Gasteiger partial charge on any atom is -0.444 e. The lowest BCUT2D eigenvalue weighted by Crippen LogP contribution is -2.51. The van der Waals surface area contributed by atoms with E-state index >= 15 is 0 Å². The average Bonchev–Trinajstić information content (AvgIpc) is 2.38. The lowest BCUT2D eigenvalue weighted by molar-refractivity contribution is 0.0182. The molecule has 2 atom stereocenters. The van der Waals surface area contributed by atoms with Crippen LogP contribution in [0.1, 0.15) is 52.9 Å². The maximum atomic E-state index is 12.1. The highest BCUT2D eigenvalue weighted by molar-refractivity contribution is 5.68. The van der Waals surface area contributed by atoms with Crippen LogP contribution in [0.25, 0.3) is 0 Å². The predicted octanol–water partition coefficient (Wildman–Crippen LogP) is 3.08. The van der Waals surface area contributed by atoms with Gasteiger partial charge in [0.2, 0.25) is 0 Å². The van der Waals surface area contributed by atoms with Crippen molar-refractivity contribution in [2.45, 2.75) is 70.6 Å². The molecule has 2 aliphatic rings. The Balaban J connectivity index is 1.82. The van der Waals surface area contributed by atoms with Crippen LogP contribution in [0.5, 0.6) is 0 Å². The van der Waals surface area contributed by atoms with Crippen LogP contribution in [-0.2, 0) is 4.74 Å². The van der Waals surface area contributed by atoms with Gasteiger partial charge in [-0.25, -0.2) is 4.79 Å². The Bertz CT molecular complexity index is 360. The van der Waals surface area contributed by atoms with Crippen LogP contribution in [0, 0.1) is 0 Å². The molecule has 2 unspecified atom stereocenters. The molecule has 114 valence electrons. The van der Waals surface area contributed by atoms with Gasteiger partial charge in [-0.1, -0.05) is 12.2 Å². The fraction of sp³-hybridized carbons (Fsp3) is 0.812. The van der Waals surface area contributed by atoms with Gasteiger partial charge in [0.1, 0.15) is 5.60 Å². The van der Waals surface area contributed by atoms with Gasteiger partial charge in [0.15, 0.2) is 0 Å². The maximum absolute atomic E-state index is 12.1. The molecule has 20 heavy (non-hydrogen) atoms. The molecule has 1 saturated heterocycles. The second-order valence-corrected chi connectivity index (χ2v) is 6.91. The minimum absolute atomic E-state index is 0.174. The maximum Gasteiger partial charge on any atom is 0.410 e. The first kappa shape index (κ1) is 15.4. The first-order valence-electron chi connectivity index (χ1n) is 7.83. The molecule has 4 nitrogen and oxygen atoms in total. The number of amides is 1. The monoisotopic (exact) mass is 280 g/mol. The van der Waals surface area contributed by atoms with Crippen LogP contribution < -0.4 is 5.32 Å². The van der Waals surface area contributed by atoms with E-state index in [1.165, 1.54) is 12.8 Å². The van der Waals surface area contributed by atoms with Gasteiger partial charge in [0.05, 0.1) is 0 Å². The zero-order chi connectivity index (χ0) is 14.6. The first-order valence-corrected chi connectivity index (χ1v) is 7.83. The molecule has 0 spiro atoms. The minimum atomic E-state index is -0.411. The van der Waals surface area contributed by atoms with Crippen LogP contribution in [0.15, 0.2) is 12.2 Å². The van der Waals surface area contributed by atoms with Gasteiger partial charge in [0, 0.05) is 25.2 Å². The van der Waals surface area contributed by atoms with E-state index in [4.69, 9.17) is 4.74 Å². The molecule has 0 bridgehead atoms. The predicted molar refractivity (Wildman–Crippen MR) is 80.7 cm³/mol. The third kappa shape index (κ3) is 4.82. The summed E-state index contributed by atoms with van der Waals surface area (Å²) in [4.78, 5) is 14.0. The number of carbonyl (C=O) groups excluding carboxylic acids is 1. The molecule has 0 saturated carbocycles. The van der Waals surface area contributed by atoms with E-state index in [0.717, 1.165) is 32.4 Å². The van der Waals surface area contributed by atoms with Crippen molar-refractivity contribution in [2.24, 2.45) is 0 Å². The quantitative estimate of drug-likeness (QED) is 0.790. The molecule has 1 amide bonds. The number of piperidine rings is 1. The summed E-state index contributed by atoms with van der Waals surface area (Å²) in [5.41, 5.74) is -0.411. The van der Waals surface area contributed by atoms with Crippen molar-refractivity contribution >= 4 is 6.09 Å². The van der Waals surface area contributed by atoms with Crippen molar-refractivity contribution < 1.29 is 9.53 Å². The van der Waals surface area contributed by atoms with E-state index in [0.29, 0.717) is 12.1 Å². The highest BCUT2D eigenvalue weighted by atomic mass is 16.6. The van der Waals surface area contributed by atoms with Crippen LogP contribution in [0.3, 0.4) is 0 Å². The molecule has 1 aliphatic heterocycles. The number of nitrogens with zero attached hydrogens (tertiary/aromatic N) is 1. The van der Waals surface area contributed by atoms with Gasteiger partial charge in [0.25, 0.3) is 0 Å². The van der Waals surface area contributed by atoms with Crippen molar-refractivity contribution in [1.29, 1.82) is 0 Å². The highest BCUT2D eigenvalue weighted by Crippen LogP contribution is 2.18. The summed E-state index contributed by atoms with van der Waals surface area (Å²) in [6.45, 7) is 7.34. The van der Waals surface area contributed by atoms with E-state index < -0.39 is 5.60 Å². The standard InChI is InChI=1S/C16H28N2O2/c1-16(2,3)20-15(19)18-11-7-10-14(12-18)17-13-8-5-4-6-9-13/h4-5,13-14,17H,6-12H2,1-3H3. The van der Waals surface area contributed by atoms with Gasteiger partial charge in [-0.05, 0) is 52.9 Å². The molecule has 0 aromatic heterocycles. The Morgan fingerprint density at radius 3 is 2.70 bits per heavy atom. The zero-order valence-electron chi connectivity index (χ0n) is 13.0. The second kappa shape index (κ2) is 6.61. The van der Waals surface area contributed by atoms with Gasteiger partial charge in [-0.3, -0.25) is 0 Å². The lowest BCUT2D eigenvalue weighted by atomic mass is 9.98.